The first-order valence-corrected chi connectivity index (χ1v) is 10.5. The molecule has 24 heavy (non-hydrogen) atoms. The van der Waals surface area contributed by atoms with E-state index in [-0.39, 0.29) is 0 Å². The van der Waals surface area contributed by atoms with E-state index < -0.39 is 0 Å². The molecular weight excluding hydrogens is 380 g/mol. The summed E-state index contributed by atoms with van der Waals surface area (Å²) in [5.41, 5.74) is 13.2. The standard InChI is InChI=1S/C14H24N6S4/c1-19(13(15)21)3-5-23-8-11-7-12(18-10-17-11)9-24-6-4-20(2)14(16)22/h7,10H,3-6,8-9H2,1-2H3,(H2,15,21)(H2,16,22). The largest absolute Gasteiger partial charge is 0.376 e. The molecule has 1 heterocycles. The van der Waals surface area contributed by atoms with Gasteiger partial charge >= 0.3 is 0 Å². The van der Waals surface area contributed by atoms with E-state index in [4.69, 9.17) is 35.9 Å². The average Bonchev–Trinajstić information content (AvgIpc) is 2.55. The van der Waals surface area contributed by atoms with Gasteiger partial charge in [0.2, 0.25) is 0 Å². The van der Waals surface area contributed by atoms with Crippen molar-refractivity contribution in [1.82, 2.24) is 19.8 Å². The van der Waals surface area contributed by atoms with Gasteiger partial charge in [0.1, 0.15) is 6.33 Å². The summed E-state index contributed by atoms with van der Waals surface area (Å²) < 4.78 is 0. The highest BCUT2D eigenvalue weighted by atomic mass is 32.2. The summed E-state index contributed by atoms with van der Waals surface area (Å²) in [5, 5.41) is 0.857. The zero-order valence-electron chi connectivity index (χ0n) is 14.0. The van der Waals surface area contributed by atoms with Gasteiger partial charge in [0.15, 0.2) is 10.2 Å². The minimum absolute atomic E-state index is 0.429. The maximum Gasteiger partial charge on any atom is 0.166 e. The average molecular weight is 405 g/mol. The van der Waals surface area contributed by atoms with Crippen molar-refractivity contribution in [1.29, 1.82) is 0 Å². The van der Waals surface area contributed by atoms with Crippen LogP contribution in [0, 0.1) is 0 Å². The summed E-state index contributed by atoms with van der Waals surface area (Å²) in [6, 6.07) is 2.06. The summed E-state index contributed by atoms with van der Waals surface area (Å²) in [4.78, 5) is 12.4. The molecule has 0 fully saturated rings. The van der Waals surface area contributed by atoms with Crippen LogP contribution >= 0.6 is 48.0 Å². The number of thiocarbonyl (C=S) groups is 2. The second-order valence-electron chi connectivity index (χ2n) is 5.13. The molecule has 10 heteroatoms. The summed E-state index contributed by atoms with van der Waals surface area (Å²) >= 11 is 13.4. The third-order valence-electron chi connectivity index (χ3n) is 3.17. The highest BCUT2D eigenvalue weighted by Gasteiger charge is 2.03. The lowest BCUT2D eigenvalue weighted by atomic mass is 10.4. The normalized spacial score (nSPS) is 10.4. The Morgan fingerprint density at radius 3 is 1.75 bits per heavy atom. The van der Waals surface area contributed by atoms with E-state index >= 15 is 0 Å². The summed E-state index contributed by atoms with van der Waals surface area (Å²) in [5.74, 6) is 3.62. The van der Waals surface area contributed by atoms with Crippen LogP contribution in [0.2, 0.25) is 0 Å². The first-order valence-electron chi connectivity index (χ1n) is 7.36. The molecule has 1 aromatic heterocycles. The summed E-state index contributed by atoms with van der Waals surface area (Å²) in [7, 11) is 3.80. The van der Waals surface area contributed by atoms with Crippen molar-refractivity contribution in [3.8, 4) is 0 Å². The smallest absolute Gasteiger partial charge is 0.166 e. The van der Waals surface area contributed by atoms with Crippen molar-refractivity contribution in [3.05, 3.63) is 23.8 Å². The first kappa shape index (κ1) is 21.2. The van der Waals surface area contributed by atoms with Crippen LogP contribution in [0.5, 0.6) is 0 Å². The summed E-state index contributed by atoms with van der Waals surface area (Å²) in [6.07, 6.45) is 1.63. The molecule has 0 radical (unpaired) electrons. The predicted octanol–water partition coefficient (Wildman–Crippen LogP) is 1.29. The Bertz CT molecular complexity index is 499. The molecule has 0 bridgehead atoms. The van der Waals surface area contributed by atoms with Crippen molar-refractivity contribution >= 4 is 58.2 Å². The third-order valence-corrected chi connectivity index (χ3v) is 5.74. The molecule has 134 valence electrons. The van der Waals surface area contributed by atoms with E-state index in [0.29, 0.717) is 10.2 Å². The molecule has 0 aliphatic rings. The Balaban J connectivity index is 2.28. The van der Waals surface area contributed by atoms with E-state index in [1.54, 1.807) is 6.33 Å². The van der Waals surface area contributed by atoms with Gasteiger partial charge < -0.3 is 21.3 Å². The highest BCUT2D eigenvalue weighted by molar-refractivity contribution is 7.98. The van der Waals surface area contributed by atoms with Crippen LogP contribution < -0.4 is 11.5 Å². The number of hydrogen-bond acceptors (Lipinski definition) is 6. The fourth-order valence-electron chi connectivity index (χ4n) is 1.58. The topological polar surface area (TPSA) is 84.3 Å². The predicted molar refractivity (Wildman–Crippen MR) is 113 cm³/mol. The molecule has 4 N–H and O–H groups in total. The second-order valence-corrected chi connectivity index (χ2v) is 8.17. The first-order chi connectivity index (χ1) is 11.4. The molecule has 0 aliphatic heterocycles. The number of hydrogen-bond donors (Lipinski definition) is 2. The van der Waals surface area contributed by atoms with Crippen molar-refractivity contribution in [2.75, 3.05) is 38.7 Å². The van der Waals surface area contributed by atoms with Gasteiger partial charge in [-0.3, -0.25) is 0 Å². The van der Waals surface area contributed by atoms with Crippen molar-refractivity contribution in [2.45, 2.75) is 11.5 Å². The van der Waals surface area contributed by atoms with E-state index in [1.807, 2.05) is 47.4 Å². The van der Waals surface area contributed by atoms with E-state index in [0.717, 1.165) is 47.5 Å². The lowest BCUT2D eigenvalue weighted by molar-refractivity contribution is 0.544. The van der Waals surface area contributed by atoms with Crippen molar-refractivity contribution < 1.29 is 0 Å². The zero-order valence-corrected chi connectivity index (χ0v) is 17.2. The molecule has 0 atom stereocenters. The van der Waals surface area contributed by atoms with Gasteiger partial charge in [-0.05, 0) is 30.5 Å². The lowest BCUT2D eigenvalue weighted by Crippen LogP contribution is -2.33. The third kappa shape index (κ3) is 8.86. The molecule has 0 aromatic carbocycles. The molecule has 0 aliphatic carbocycles. The Labute approximate surface area is 163 Å². The molecule has 0 amide bonds. The van der Waals surface area contributed by atoms with Crippen molar-refractivity contribution in [2.24, 2.45) is 11.5 Å². The van der Waals surface area contributed by atoms with Crippen LogP contribution in [0.3, 0.4) is 0 Å². The van der Waals surface area contributed by atoms with Gasteiger partial charge in [-0.2, -0.15) is 23.5 Å². The van der Waals surface area contributed by atoms with Crippen LogP contribution in [-0.4, -0.2) is 68.7 Å². The molecule has 1 rings (SSSR count). The van der Waals surface area contributed by atoms with Crippen molar-refractivity contribution in [3.63, 3.8) is 0 Å². The SMILES string of the molecule is CN(CCSCc1cc(CSCCN(C)C(N)=S)ncn1)C(N)=S. The van der Waals surface area contributed by atoms with E-state index in [9.17, 15) is 0 Å². The molecule has 1 aromatic rings. The molecular formula is C14H24N6S4. The highest BCUT2D eigenvalue weighted by Crippen LogP contribution is 2.14. The van der Waals surface area contributed by atoms with E-state index in [1.165, 1.54) is 0 Å². The van der Waals surface area contributed by atoms with Crippen LogP contribution in [0.4, 0.5) is 0 Å². The number of thioether (sulfide) groups is 2. The molecule has 0 unspecified atom stereocenters. The van der Waals surface area contributed by atoms with Gasteiger partial charge in [0.05, 0.1) is 11.4 Å². The Kier molecular flexibility index (Phi) is 10.3. The minimum Gasteiger partial charge on any atom is -0.376 e. The van der Waals surface area contributed by atoms with Gasteiger partial charge in [0, 0.05) is 50.2 Å². The molecule has 0 saturated carbocycles. The number of nitrogens with zero attached hydrogens (tertiary/aromatic N) is 4. The fraction of sp³-hybridized carbons (Fsp3) is 0.571. The van der Waals surface area contributed by atoms with Crippen LogP contribution in [0.25, 0.3) is 0 Å². The van der Waals surface area contributed by atoms with Gasteiger partial charge in [-0.25, -0.2) is 9.97 Å². The quantitative estimate of drug-likeness (QED) is 0.439. The number of nitrogens with two attached hydrogens (primary N) is 2. The Hall–Kier alpha value is -0.840. The van der Waals surface area contributed by atoms with Crippen LogP contribution in [0.15, 0.2) is 12.4 Å². The van der Waals surface area contributed by atoms with Crippen LogP contribution in [0.1, 0.15) is 11.4 Å². The molecule has 0 saturated heterocycles. The zero-order chi connectivity index (χ0) is 17.9. The minimum atomic E-state index is 0.429. The lowest BCUT2D eigenvalue weighted by Gasteiger charge is -2.16. The fourth-order valence-corrected chi connectivity index (χ4v) is 3.59. The van der Waals surface area contributed by atoms with Gasteiger partial charge in [-0.1, -0.05) is 0 Å². The maximum absolute atomic E-state index is 5.55. The molecule has 0 spiro atoms. The monoisotopic (exact) mass is 404 g/mol. The summed E-state index contributed by atoms with van der Waals surface area (Å²) in [6.45, 7) is 1.68. The van der Waals surface area contributed by atoms with Gasteiger partial charge in [0.25, 0.3) is 0 Å². The maximum atomic E-state index is 5.55. The van der Waals surface area contributed by atoms with Crippen LogP contribution in [-0.2, 0) is 11.5 Å². The Morgan fingerprint density at radius 2 is 1.38 bits per heavy atom. The second kappa shape index (κ2) is 11.7. The number of rotatable bonds is 10. The number of aromatic nitrogens is 2. The van der Waals surface area contributed by atoms with Gasteiger partial charge in [-0.15, -0.1) is 0 Å². The van der Waals surface area contributed by atoms with E-state index in [2.05, 4.69) is 16.0 Å². The Morgan fingerprint density at radius 1 is 0.958 bits per heavy atom. The molecule has 6 nitrogen and oxygen atoms in total.